The van der Waals surface area contributed by atoms with Crippen molar-refractivity contribution in [2.75, 3.05) is 32.0 Å². The van der Waals surface area contributed by atoms with Crippen molar-refractivity contribution in [3.63, 3.8) is 0 Å². The summed E-state index contributed by atoms with van der Waals surface area (Å²) in [5.41, 5.74) is 2.10. The van der Waals surface area contributed by atoms with Gasteiger partial charge in [0.05, 0.1) is 24.5 Å². The number of alkyl halides is 3. The number of halogens is 3. The number of morpholine rings is 1. The second-order valence-corrected chi connectivity index (χ2v) is 10.2. The molecule has 1 aliphatic rings. The lowest BCUT2D eigenvalue weighted by molar-refractivity contribution is -0.137. The molecule has 4 aromatic rings. The molecule has 0 saturated carbocycles. The molecule has 2 aromatic heterocycles. The molecule has 0 unspecified atom stereocenters. The smallest absolute Gasteiger partial charge is 0.416 e. The van der Waals surface area contributed by atoms with Gasteiger partial charge >= 0.3 is 6.18 Å². The van der Waals surface area contributed by atoms with Gasteiger partial charge in [0.15, 0.2) is 11.0 Å². The van der Waals surface area contributed by atoms with E-state index in [2.05, 4.69) is 20.1 Å². The van der Waals surface area contributed by atoms with Crippen LogP contribution in [0.25, 0.3) is 22.8 Å². The fourth-order valence-corrected chi connectivity index (χ4v) is 5.31. The Morgan fingerprint density at radius 1 is 1.03 bits per heavy atom. The minimum absolute atomic E-state index is 0.0237. The summed E-state index contributed by atoms with van der Waals surface area (Å²) in [7, 11) is 1.97. The van der Waals surface area contributed by atoms with Gasteiger partial charge in [0.25, 0.3) is 0 Å². The molecule has 2 aromatic carbocycles. The van der Waals surface area contributed by atoms with Gasteiger partial charge in [-0.3, -0.25) is 4.90 Å². The Morgan fingerprint density at radius 2 is 1.79 bits per heavy atom. The van der Waals surface area contributed by atoms with Gasteiger partial charge < -0.3 is 13.7 Å². The predicted molar refractivity (Wildman–Crippen MR) is 139 cm³/mol. The van der Waals surface area contributed by atoms with Gasteiger partial charge in [-0.15, -0.1) is 10.2 Å². The van der Waals surface area contributed by atoms with Crippen LogP contribution in [0.15, 0.2) is 70.6 Å². The third-order valence-corrected chi connectivity index (χ3v) is 7.58. The SMILES string of the molecule is Cn1c(SCCCN2CCO[C@@H](Cc3ccc(C(F)(F)F)cc3)C2)nnc1-c1ccc(-c2ncco2)cc1. The molecule has 3 heterocycles. The number of oxazole rings is 1. The number of ether oxygens (including phenoxy) is 1. The lowest BCUT2D eigenvalue weighted by Crippen LogP contribution is -2.43. The molecule has 200 valence electrons. The summed E-state index contributed by atoms with van der Waals surface area (Å²) in [4.78, 5) is 6.53. The van der Waals surface area contributed by atoms with Crippen molar-refractivity contribution in [1.82, 2.24) is 24.6 Å². The minimum Gasteiger partial charge on any atom is -0.445 e. The van der Waals surface area contributed by atoms with Gasteiger partial charge in [-0.05, 0) is 49.2 Å². The molecule has 0 N–H and O–H groups in total. The molecular formula is C27H28F3N5O2S. The Morgan fingerprint density at radius 3 is 2.50 bits per heavy atom. The second-order valence-electron chi connectivity index (χ2n) is 9.17. The molecule has 0 radical (unpaired) electrons. The van der Waals surface area contributed by atoms with E-state index in [1.165, 1.54) is 0 Å². The molecule has 0 aliphatic carbocycles. The molecule has 7 nitrogen and oxygen atoms in total. The van der Waals surface area contributed by atoms with Crippen molar-refractivity contribution < 1.29 is 22.3 Å². The fraction of sp³-hybridized carbons (Fsp3) is 0.370. The Labute approximate surface area is 223 Å². The van der Waals surface area contributed by atoms with Crippen LogP contribution >= 0.6 is 11.8 Å². The molecule has 0 spiro atoms. The molecule has 11 heteroatoms. The molecule has 1 saturated heterocycles. The lowest BCUT2D eigenvalue weighted by Gasteiger charge is -2.33. The molecule has 1 aliphatic heterocycles. The van der Waals surface area contributed by atoms with Gasteiger partial charge in [0.1, 0.15) is 6.26 Å². The highest BCUT2D eigenvalue weighted by Gasteiger charge is 2.30. The molecule has 1 fully saturated rings. The van der Waals surface area contributed by atoms with E-state index in [-0.39, 0.29) is 6.10 Å². The van der Waals surface area contributed by atoms with E-state index in [0.29, 0.717) is 18.9 Å². The van der Waals surface area contributed by atoms with Crippen LogP contribution in [0.3, 0.4) is 0 Å². The molecule has 1 atom stereocenters. The van der Waals surface area contributed by atoms with Gasteiger partial charge in [0, 0.05) is 37.0 Å². The Kier molecular flexibility index (Phi) is 8.15. The standard InChI is InChI=1S/C27H28F3N5O2S/c1-34-24(20-5-7-21(8-6-20)25-31-11-14-37-25)32-33-26(34)38-16-2-12-35-13-15-36-23(18-35)17-19-3-9-22(10-4-19)27(28,29)30/h3-11,14,23H,2,12-13,15-18H2,1H3/t23-/m0/s1. The van der Waals surface area contributed by atoms with Crippen molar-refractivity contribution in [3.05, 3.63) is 72.1 Å². The molecule has 0 bridgehead atoms. The van der Waals surface area contributed by atoms with Crippen molar-refractivity contribution >= 4 is 11.8 Å². The normalized spacial score (nSPS) is 16.7. The summed E-state index contributed by atoms with van der Waals surface area (Å²) in [6.45, 7) is 3.17. The molecule has 38 heavy (non-hydrogen) atoms. The Balaban J connectivity index is 1.08. The number of hydrogen-bond donors (Lipinski definition) is 0. The highest BCUT2D eigenvalue weighted by molar-refractivity contribution is 7.99. The highest BCUT2D eigenvalue weighted by atomic mass is 32.2. The first-order valence-corrected chi connectivity index (χ1v) is 13.4. The Hall–Kier alpha value is -3.15. The average Bonchev–Trinajstić information content (AvgIpc) is 3.57. The number of aromatic nitrogens is 4. The topological polar surface area (TPSA) is 69.2 Å². The first-order chi connectivity index (χ1) is 18.4. The summed E-state index contributed by atoms with van der Waals surface area (Å²) in [6, 6.07) is 13.2. The van der Waals surface area contributed by atoms with Crippen LogP contribution in [0.2, 0.25) is 0 Å². The fourth-order valence-electron chi connectivity index (χ4n) is 4.47. The van der Waals surface area contributed by atoms with Gasteiger partial charge in [-0.1, -0.05) is 36.0 Å². The van der Waals surface area contributed by atoms with Gasteiger partial charge in [-0.2, -0.15) is 13.2 Å². The van der Waals surface area contributed by atoms with E-state index in [0.717, 1.165) is 71.6 Å². The summed E-state index contributed by atoms with van der Waals surface area (Å²) >= 11 is 1.67. The average molecular weight is 544 g/mol. The highest BCUT2D eigenvalue weighted by Crippen LogP contribution is 2.29. The van der Waals surface area contributed by atoms with Crippen molar-refractivity contribution in [1.29, 1.82) is 0 Å². The van der Waals surface area contributed by atoms with Crippen LogP contribution in [0.4, 0.5) is 13.2 Å². The quantitative estimate of drug-likeness (QED) is 0.202. The maximum atomic E-state index is 12.8. The number of hydrogen-bond acceptors (Lipinski definition) is 7. The van der Waals surface area contributed by atoms with E-state index in [9.17, 15) is 13.2 Å². The van der Waals surface area contributed by atoms with Crippen LogP contribution in [0, 0.1) is 0 Å². The zero-order chi connectivity index (χ0) is 26.5. The zero-order valence-corrected chi connectivity index (χ0v) is 21.7. The second kappa shape index (κ2) is 11.7. The lowest BCUT2D eigenvalue weighted by atomic mass is 10.0. The summed E-state index contributed by atoms with van der Waals surface area (Å²) in [6.07, 6.45) is 0.413. The van der Waals surface area contributed by atoms with Gasteiger partial charge in [0.2, 0.25) is 5.89 Å². The first-order valence-electron chi connectivity index (χ1n) is 12.4. The van der Waals surface area contributed by atoms with Crippen LogP contribution < -0.4 is 0 Å². The predicted octanol–water partition coefficient (Wildman–Crippen LogP) is 5.58. The van der Waals surface area contributed by atoms with Crippen molar-refractivity contribution in [2.45, 2.75) is 30.3 Å². The molecular weight excluding hydrogens is 515 g/mol. The largest absolute Gasteiger partial charge is 0.445 e. The third-order valence-electron chi connectivity index (χ3n) is 6.47. The summed E-state index contributed by atoms with van der Waals surface area (Å²) < 4.78 is 51.6. The van der Waals surface area contributed by atoms with Crippen molar-refractivity contribution in [2.24, 2.45) is 7.05 Å². The number of thioether (sulfide) groups is 1. The molecule has 5 rings (SSSR count). The van der Waals surface area contributed by atoms with Crippen LogP contribution in [0.5, 0.6) is 0 Å². The Bertz CT molecular complexity index is 1310. The summed E-state index contributed by atoms with van der Waals surface area (Å²) in [5, 5.41) is 9.61. The van der Waals surface area contributed by atoms with Gasteiger partial charge in [-0.25, -0.2) is 4.98 Å². The van der Waals surface area contributed by atoms with E-state index in [4.69, 9.17) is 9.15 Å². The minimum atomic E-state index is -4.31. The van der Waals surface area contributed by atoms with Crippen LogP contribution in [-0.4, -0.2) is 62.7 Å². The molecule has 0 amide bonds. The zero-order valence-electron chi connectivity index (χ0n) is 20.9. The maximum absolute atomic E-state index is 12.8. The van der Waals surface area contributed by atoms with E-state index < -0.39 is 11.7 Å². The maximum Gasteiger partial charge on any atom is 0.416 e. The first kappa shape index (κ1) is 26.5. The van der Waals surface area contributed by atoms with Crippen molar-refractivity contribution in [3.8, 4) is 22.8 Å². The van der Waals surface area contributed by atoms with Crippen LogP contribution in [0.1, 0.15) is 17.5 Å². The number of nitrogens with zero attached hydrogens (tertiary/aromatic N) is 5. The number of benzene rings is 2. The van der Waals surface area contributed by atoms with Crippen LogP contribution in [-0.2, 0) is 24.4 Å². The number of rotatable bonds is 9. The third kappa shape index (κ3) is 6.46. The van der Waals surface area contributed by atoms with E-state index in [1.54, 1.807) is 36.4 Å². The van der Waals surface area contributed by atoms with E-state index in [1.807, 2.05) is 35.9 Å². The van der Waals surface area contributed by atoms with E-state index >= 15 is 0 Å². The monoisotopic (exact) mass is 543 g/mol. The summed E-state index contributed by atoms with van der Waals surface area (Å²) in [5.74, 6) is 2.28.